The summed E-state index contributed by atoms with van der Waals surface area (Å²) in [6, 6.07) is 7.30. The molecule has 1 aromatic heterocycles. The first-order chi connectivity index (χ1) is 8.22. The Balaban J connectivity index is 2.18. The molecule has 0 aliphatic heterocycles. The van der Waals surface area contributed by atoms with Gasteiger partial charge in [0.2, 0.25) is 0 Å². The maximum Gasteiger partial charge on any atom is 0.106 e. The van der Waals surface area contributed by atoms with Crippen molar-refractivity contribution >= 4 is 12.6 Å². The van der Waals surface area contributed by atoms with E-state index >= 15 is 0 Å². The van der Waals surface area contributed by atoms with Crippen molar-refractivity contribution in [3.8, 4) is 5.69 Å². The van der Waals surface area contributed by atoms with Crippen LogP contribution >= 0.6 is 12.6 Å². The van der Waals surface area contributed by atoms with Gasteiger partial charge in [0.15, 0.2) is 0 Å². The van der Waals surface area contributed by atoms with E-state index in [1.807, 2.05) is 22.9 Å². The van der Waals surface area contributed by atoms with Gasteiger partial charge in [-0.1, -0.05) is 12.1 Å². The van der Waals surface area contributed by atoms with E-state index in [-0.39, 0.29) is 5.75 Å². The van der Waals surface area contributed by atoms with Crippen LogP contribution < -0.4 is 0 Å². The summed E-state index contributed by atoms with van der Waals surface area (Å²) in [7, 11) is 0. The van der Waals surface area contributed by atoms with Crippen molar-refractivity contribution in [2.45, 2.75) is 12.2 Å². The molecule has 2 unspecified atom stereocenters. The highest BCUT2D eigenvalue weighted by atomic mass is 32.1. The van der Waals surface area contributed by atoms with Gasteiger partial charge in [-0.3, -0.25) is 0 Å². The predicted molar refractivity (Wildman–Crippen MR) is 68.4 cm³/mol. The normalized spacial score (nSPS) is 14.5. The van der Waals surface area contributed by atoms with Crippen LogP contribution in [0.15, 0.2) is 43.0 Å². The summed E-state index contributed by atoms with van der Waals surface area (Å²) < 4.78 is 1.87. The van der Waals surface area contributed by atoms with E-state index < -0.39 is 12.2 Å². The first-order valence-corrected chi connectivity index (χ1v) is 5.91. The molecule has 5 heteroatoms. The zero-order chi connectivity index (χ0) is 12.3. The van der Waals surface area contributed by atoms with E-state index in [1.54, 1.807) is 24.7 Å². The second-order valence-electron chi connectivity index (χ2n) is 3.76. The minimum Gasteiger partial charge on any atom is -0.389 e. The molecule has 0 saturated carbocycles. The van der Waals surface area contributed by atoms with E-state index in [2.05, 4.69) is 17.6 Å². The molecule has 0 bridgehead atoms. The molecule has 4 nitrogen and oxygen atoms in total. The van der Waals surface area contributed by atoms with Crippen LogP contribution in [0.25, 0.3) is 5.69 Å². The highest BCUT2D eigenvalue weighted by molar-refractivity contribution is 7.80. The summed E-state index contributed by atoms with van der Waals surface area (Å²) >= 11 is 3.95. The summed E-state index contributed by atoms with van der Waals surface area (Å²) in [5.74, 6) is 0.227. The van der Waals surface area contributed by atoms with Gasteiger partial charge in [-0.25, -0.2) is 4.98 Å². The van der Waals surface area contributed by atoms with Crippen molar-refractivity contribution in [3.63, 3.8) is 0 Å². The Morgan fingerprint density at radius 3 is 2.47 bits per heavy atom. The van der Waals surface area contributed by atoms with E-state index in [0.717, 1.165) is 5.69 Å². The third-order valence-corrected chi connectivity index (χ3v) is 2.96. The lowest BCUT2D eigenvalue weighted by atomic mass is 10.1. The van der Waals surface area contributed by atoms with E-state index in [9.17, 15) is 10.2 Å². The van der Waals surface area contributed by atoms with Gasteiger partial charge in [0.25, 0.3) is 0 Å². The Bertz CT molecular complexity index is 456. The molecule has 0 aliphatic rings. The third kappa shape index (κ3) is 2.69. The third-order valence-electron chi connectivity index (χ3n) is 2.59. The summed E-state index contributed by atoms with van der Waals surface area (Å²) in [6.45, 7) is 0. The molecular weight excluding hydrogens is 236 g/mol. The summed E-state index contributed by atoms with van der Waals surface area (Å²) in [5, 5.41) is 19.3. The topological polar surface area (TPSA) is 58.3 Å². The fourth-order valence-electron chi connectivity index (χ4n) is 1.58. The maximum absolute atomic E-state index is 9.79. The van der Waals surface area contributed by atoms with Crippen LogP contribution in [0.4, 0.5) is 0 Å². The monoisotopic (exact) mass is 250 g/mol. The molecule has 0 radical (unpaired) electrons. The number of hydrogen-bond acceptors (Lipinski definition) is 4. The standard InChI is InChI=1S/C12H14N2O2S/c15-11(7-17)12(16)9-1-3-10(4-2-9)14-6-5-13-8-14/h1-6,8,11-12,15-17H,7H2. The van der Waals surface area contributed by atoms with Crippen LogP contribution in [0.5, 0.6) is 0 Å². The van der Waals surface area contributed by atoms with Crippen molar-refractivity contribution in [1.82, 2.24) is 9.55 Å². The highest BCUT2D eigenvalue weighted by Crippen LogP contribution is 2.19. The number of aliphatic hydroxyl groups excluding tert-OH is 2. The van der Waals surface area contributed by atoms with Crippen LogP contribution in [0.3, 0.4) is 0 Å². The van der Waals surface area contributed by atoms with Crippen LogP contribution in [-0.4, -0.2) is 31.6 Å². The van der Waals surface area contributed by atoms with Crippen LogP contribution in [0, 0.1) is 0 Å². The molecule has 2 atom stereocenters. The van der Waals surface area contributed by atoms with Gasteiger partial charge >= 0.3 is 0 Å². The average Bonchev–Trinajstić information content (AvgIpc) is 2.91. The Hall–Kier alpha value is -1.30. The van der Waals surface area contributed by atoms with E-state index in [4.69, 9.17) is 0 Å². The van der Waals surface area contributed by atoms with Crippen molar-refractivity contribution in [2.75, 3.05) is 5.75 Å². The van der Waals surface area contributed by atoms with Gasteiger partial charge in [0.1, 0.15) is 6.10 Å². The number of benzene rings is 1. The fourth-order valence-corrected chi connectivity index (χ4v) is 1.78. The van der Waals surface area contributed by atoms with Gasteiger partial charge in [-0.15, -0.1) is 0 Å². The van der Waals surface area contributed by atoms with Crippen molar-refractivity contribution in [2.24, 2.45) is 0 Å². The lowest BCUT2D eigenvalue weighted by Gasteiger charge is -2.16. The van der Waals surface area contributed by atoms with Gasteiger partial charge in [-0.05, 0) is 17.7 Å². The molecule has 17 heavy (non-hydrogen) atoms. The smallest absolute Gasteiger partial charge is 0.106 e. The summed E-state index contributed by atoms with van der Waals surface area (Å²) in [5.41, 5.74) is 1.63. The van der Waals surface area contributed by atoms with Gasteiger partial charge in [0, 0.05) is 23.8 Å². The molecule has 90 valence electrons. The molecule has 0 fully saturated rings. The number of imidazole rings is 1. The van der Waals surface area contributed by atoms with Crippen molar-refractivity contribution < 1.29 is 10.2 Å². The number of aliphatic hydroxyl groups is 2. The van der Waals surface area contributed by atoms with Crippen LogP contribution in [0.1, 0.15) is 11.7 Å². The van der Waals surface area contributed by atoms with Crippen LogP contribution in [-0.2, 0) is 0 Å². The summed E-state index contributed by atoms with van der Waals surface area (Å²) in [4.78, 5) is 3.96. The maximum atomic E-state index is 9.79. The Morgan fingerprint density at radius 2 is 1.94 bits per heavy atom. The molecule has 2 aromatic rings. The van der Waals surface area contributed by atoms with Crippen molar-refractivity contribution in [1.29, 1.82) is 0 Å². The zero-order valence-electron chi connectivity index (χ0n) is 9.14. The lowest BCUT2D eigenvalue weighted by Crippen LogP contribution is -2.19. The first-order valence-electron chi connectivity index (χ1n) is 5.27. The second-order valence-corrected chi connectivity index (χ2v) is 4.12. The minimum absolute atomic E-state index is 0.227. The molecule has 0 aliphatic carbocycles. The molecule has 0 amide bonds. The molecule has 0 saturated heterocycles. The Morgan fingerprint density at radius 1 is 1.24 bits per heavy atom. The molecule has 1 heterocycles. The number of rotatable bonds is 4. The van der Waals surface area contributed by atoms with E-state index in [1.165, 1.54) is 0 Å². The summed E-state index contributed by atoms with van der Waals surface area (Å²) in [6.07, 6.45) is 3.50. The number of aromatic nitrogens is 2. The first kappa shape index (κ1) is 12.2. The Kier molecular flexibility index (Phi) is 3.83. The van der Waals surface area contributed by atoms with Crippen LogP contribution in [0.2, 0.25) is 0 Å². The Labute approximate surface area is 105 Å². The van der Waals surface area contributed by atoms with Gasteiger partial charge < -0.3 is 14.8 Å². The average molecular weight is 250 g/mol. The zero-order valence-corrected chi connectivity index (χ0v) is 10.0. The van der Waals surface area contributed by atoms with E-state index in [0.29, 0.717) is 5.56 Å². The molecular formula is C12H14N2O2S. The van der Waals surface area contributed by atoms with Gasteiger partial charge in [-0.2, -0.15) is 12.6 Å². The minimum atomic E-state index is -0.899. The largest absolute Gasteiger partial charge is 0.389 e. The highest BCUT2D eigenvalue weighted by Gasteiger charge is 2.16. The predicted octanol–water partition coefficient (Wildman–Crippen LogP) is 1.20. The number of thiol groups is 1. The fraction of sp³-hybridized carbons (Fsp3) is 0.250. The SMILES string of the molecule is OC(CS)C(O)c1ccc(-n2ccnc2)cc1. The van der Waals surface area contributed by atoms with Crippen molar-refractivity contribution in [3.05, 3.63) is 48.5 Å². The molecule has 0 spiro atoms. The molecule has 2 N–H and O–H groups in total. The molecule has 2 rings (SSSR count). The van der Waals surface area contributed by atoms with Gasteiger partial charge in [0.05, 0.1) is 12.4 Å². The number of hydrogen-bond donors (Lipinski definition) is 3. The lowest BCUT2D eigenvalue weighted by molar-refractivity contribution is 0.0337. The quantitative estimate of drug-likeness (QED) is 0.715. The molecule has 1 aromatic carbocycles. The second kappa shape index (κ2) is 5.35. The number of nitrogens with zero attached hydrogens (tertiary/aromatic N) is 2.